The molecule has 1 aliphatic rings. The smallest absolute Gasteiger partial charge is 0.193 e. The summed E-state index contributed by atoms with van der Waals surface area (Å²) in [6.07, 6.45) is 3.59. The fourth-order valence-electron chi connectivity index (χ4n) is 3.26. The van der Waals surface area contributed by atoms with Crippen molar-refractivity contribution in [3.05, 3.63) is 30.3 Å². The van der Waals surface area contributed by atoms with E-state index in [0.717, 1.165) is 58.2 Å². The van der Waals surface area contributed by atoms with Crippen molar-refractivity contribution in [2.24, 2.45) is 4.99 Å². The Hall–Kier alpha value is -1.75. The summed E-state index contributed by atoms with van der Waals surface area (Å²) in [5, 5.41) is 3.49. The Morgan fingerprint density at radius 3 is 2.48 bits per heavy atom. The molecule has 1 aromatic carbocycles. The molecule has 140 valence electrons. The maximum Gasteiger partial charge on any atom is 0.193 e. The van der Waals surface area contributed by atoms with Crippen molar-refractivity contribution >= 4 is 11.6 Å². The molecule has 1 aromatic rings. The molecule has 5 nitrogen and oxygen atoms in total. The molecule has 1 fully saturated rings. The molecule has 0 aromatic heterocycles. The number of benzene rings is 1. The third kappa shape index (κ3) is 6.58. The van der Waals surface area contributed by atoms with Gasteiger partial charge in [0.15, 0.2) is 5.96 Å². The van der Waals surface area contributed by atoms with E-state index in [1.807, 2.05) is 7.05 Å². The maximum absolute atomic E-state index is 4.38. The second-order valence-electron chi connectivity index (χ2n) is 6.77. The van der Waals surface area contributed by atoms with Gasteiger partial charge in [-0.15, -0.1) is 0 Å². The molecule has 2 rings (SSSR count). The third-order valence-electron chi connectivity index (χ3n) is 4.85. The van der Waals surface area contributed by atoms with Crippen LogP contribution in [0.4, 0.5) is 5.69 Å². The number of aliphatic imine (C=N–C) groups is 1. The van der Waals surface area contributed by atoms with Crippen LogP contribution in [0.3, 0.4) is 0 Å². The number of para-hydroxylation sites is 1. The molecular weight excluding hydrogens is 310 g/mol. The fourth-order valence-corrected chi connectivity index (χ4v) is 3.26. The van der Waals surface area contributed by atoms with Gasteiger partial charge in [-0.2, -0.15) is 0 Å². The number of hydrogen-bond donors (Lipinski definition) is 1. The van der Waals surface area contributed by atoms with E-state index >= 15 is 0 Å². The molecule has 0 unspecified atom stereocenters. The number of nitrogens with zero attached hydrogens (tertiary/aromatic N) is 4. The number of anilines is 1. The lowest BCUT2D eigenvalue weighted by molar-refractivity contribution is 0.255. The first-order valence-electron chi connectivity index (χ1n) is 9.68. The highest BCUT2D eigenvalue weighted by molar-refractivity contribution is 5.79. The van der Waals surface area contributed by atoms with Gasteiger partial charge in [0.1, 0.15) is 0 Å². The average Bonchev–Trinajstić information content (AvgIpc) is 2.67. The van der Waals surface area contributed by atoms with Crippen LogP contribution in [0.1, 0.15) is 26.2 Å². The molecule has 0 amide bonds. The fraction of sp³-hybridized carbons (Fsp3) is 0.650. The highest BCUT2D eigenvalue weighted by Crippen LogP contribution is 2.15. The van der Waals surface area contributed by atoms with E-state index < -0.39 is 0 Å². The van der Waals surface area contributed by atoms with Crippen molar-refractivity contribution in [1.29, 1.82) is 0 Å². The molecule has 0 bridgehead atoms. The Balaban J connectivity index is 1.61. The minimum Gasteiger partial charge on any atom is -0.369 e. The first-order valence-corrected chi connectivity index (χ1v) is 9.68. The van der Waals surface area contributed by atoms with Gasteiger partial charge < -0.3 is 15.1 Å². The lowest BCUT2D eigenvalue weighted by atomic mass is 10.2. The summed E-state index contributed by atoms with van der Waals surface area (Å²) in [4.78, 5) is 11.7. The molecule has 1 saturated heterocycles. The molecule has 0 atom stereocenters. The number of unbranched alkanes of at least 4 members (excludes halogenated alkanes) is 1. The molecule has 0 radical (unpaired) electrons. The summed E-state index contributed by atoms with van der Waals surface area (Å²) >= 11 is 0. The predicted molar refractivity (Wildman–Crippen MR) is 109 cm³/mol. The number of rotatable bonds is 8. The Labute approximate surface area is 153 Å². The van der Waals surface area contributed by atoms with E-state index in [1.54, 1.807) is 0 Å². The van der Waals surface area contributed by atoms with Crippen LogP contribution in [0.25, 0.3) is 0 Å². The molecule has 1 aliphatic heterocycles. The standard InChI is InChI=1S/C20H35N5/c1-4-5-13-23(3)20(21-2)22-12-9-14-24-15-17-25(18-16-24)19-10-7-6-8-11-19/h6-8,10-11H,4-5,9,12-18H2,1-3H3,(H,21,22). The monoisotopic (exact) mass is 345 g/mol. The molecule has 25 heavy (non-hydrogen) atoms. The van der Waals surface area contributed by atoms with Crippen LogP contribution in [0, 0.1) is 0 Å². The first-order chi connectivity index (χ1) is 12.2. The maximum atomic E-state index is 4.38. The molecule has 0 spiro atoms. The predicted octanol–water partition coefficient (Wildman–Crippen LogP) is 2.51. The summed E-state index contributed by atoms with van der Waals surface area (Å²) < 4.78 is 0. The summed E-state index contributed by atoms with van der Waals surface area (Å²) in [7, 11) is 3.99. The summed E-state index contributed by atoms with van der Waals surface area (Å²) in [5.41, 5.74) is 1.35. The second kappa shape index (κ2) is 11.0. The summed E-state index contributed by atoms with van der Waals surface area (Å²) in [6, 6.07) is 10.7. The zero-order valence-corrected chi connectivity index (χ0v) is 16.2. The molecule has 0 saturated carbocycles. The lowest BCUT2D eigenvalue weighted by Gasteiger charge is -2.36. The third-order valence-corrected chi connectivity index (χ3v) is 4.85. The van der Waals surface area contributed by atoms with Gasteiger partial charge >= 0.3 is 0 Å². The van der Waals surface area contributed by atoms with E-state index in [0.29, 0.717) is 0 Å². The van der Waals surface area contributed by atoms with Gasteiger partial charge in [-0.3, -0.25) is 9.89 Å². The highest BCUT2D eigenvalue weighted by atomic mass is 15.3. The average molecular weight is 346 g/mol. The number of hydrogen-bond acceptors (Lipinski definition) is 3. The largest absolute Gasteiger partial charge is 0.369 e. The van der Waals surface area contributed by atoms with Crippen molar-refractivity contribution in [1.82, 2.24) is 15.1 Å². The number of guanidine groups is 1. The number of nitrogens with one attached hydrogen (secondary N) is 1. The van der Waals surface area contributed by atoms with E-state index in [-0.39, 0.29) is 0 Å². The van der Waals surface area contributed by atoms with Crippen LogP contribution < -0.4 is 10.2 Å². The van der Waals surface area contributed by atoms with Crippen molar-refractivity contribution in [3.8, 4) is 0 Å². The Morgan fingerprint density at radius 2 is 1.84 bits per heavy atom. The first kappa shape index (κ1) is 19.6. The van der Waals surface area contributed by atoms with Crippen LogP contribution in [0.15, 0.2) is 35.3 Å². The van der Waals surface area contributed by atoms with Gasteiger partial charge in [0.05, 0.1) is 0 Å². The van der Waals surface area contributed by atoms with Gasteiger partial charge in [0, 0.05) is 59.1 Å². The zero-order chi connectivity index (χ0) is 17.9. The van der Waals surface area contributed by atoms with Gasteiger partial charge in [0.25, 0.3) is 0 Å². The van der Waals surface area contributed by atoms with E-state index in [4.69, 9.17) is 0 Å². The Kier molecular flexibility index (Phi) is 8.60. The van der Waals surface area contributed by atoms with Gasteiger partial charge in [-0.1, -0.05) is 31.5 Å². The normalized spacial score (nSPS) is 16.1. The minimum atomic E-state index is 0.988. The van der Waals surface area contributed by atoms with Crippen molar-refractivity contribution in [2.75, 3.05) is 64.8 Å². The van der Waals surface area contributed by atoms with Gasteiger partial charge in [0.2, 0.25) is 0 Å². The minimum absolute atomic E-state index is 0.988. The van der Waals surface area contributed by atoms with Crippen molar-refractivity contribution < 1.29 is 0 Å². The summed E-state index contributed by atoms with van der Waals surface area (Å²) in [5.74, 6) is 1.02. The van der Waals surface area contributed by atoms with Crippen LogP contribution in [0.2, 0.25) is 0 Å². The quantitative estimate of drug-likeness (QED) is 0.446. The Morgan fingerprint density at radius 1 is 1.12 bits per heavy atom. The van der Waals surface area contributed by atoms with Gasteiger partial charge in [-0.25, -0.2) is 0 Å². The lowest BCUT2D eigenvalue weighted by Crippen LogP contribution is -2.47. The van der Waals surface area contributed by atoms with Crippen molar-refractivity contribution in [3.63, 3.8) is 0 Å². The van der Waals surface area contributed by atoms with Crippen LogP contribution >= 0.6 is 0 Å². The van der Waals surface area contributed by atoms with Crippen LogP contribution in [-0.2, 0) is 0 Å². The molecule has 5 heteroatoms. The van der Waals surface area contributed by atoms with E-state index in [1.165, 1.54) is 18.5 Å². The van der Waals surface area contributed by atoms with E-state index in [2.05, 4.69) is 69.3 Å². The van der Waals surface area contributed by atoms with E-state index in [9.17, 15) is 0 Å². The van der Waals surface area contributed by atoms with Gasteiger partial charge in [-0.05, 0) is 31.5 Å². The Bertz CT molecular complexity index is 494. The number of piperazine rings is 1. The highest BCUT2D eigenvalue weighted by Gasteiger charge is 2.16. The second-order valence-corrected chi connectivity index (χ2v) is 6.77. The topological polar surface area (TPSA) is 34.1 Å². The van der Waals surface area contributed by atoms with Crippen LogP contribution in [0.5, 0.6) is 0 Å². The zero-order valence-electron chi connectivity index (χ0n) is 16.2. The molecular formula is C20H35N5. The molecule has 1 N–H and O–H groups in total. The molecule has 0 aliphatic carbocycles. The van der Waals surface area contributed by atoms with Crippen LogP contribution in [-0.4, -0.2) is 75.7 Å². The SMILES string of the molecule is CCCCN(C)C(=NC)NCCCN1CCN(c2ccccc2)CC1. The summed E-state index contributed by atoms with van der Waals surface area (Å²) in [6.45, 7) is 9.99. The molecule has 1 heterocycles. The van der Waals surface area contributed by atoms with Crippen molar-refractivity contribution in [2.45, 2.75) is 26.2 Å².